The minimum Gasteiger partial charge on any atom is -0.454 e. The molecular weight excluding hydrogens is 280 g/mol. The Bertz CT molecular complexity index is 791. The number of nitriles is 1. The fourth-order valence-electron chi connectivity index (χ4n) is 2.06. The first-order valence-corrected chi connectivity index (χ1v) is 6.64. The highest BCUT2D eigenvalue weighted by Crippen LogP contribution is 2.32. The van der Waals surface area contributed by atoms with Gasteiger partial charge in [-0.05, 0) is 30.3 Å². The molecule has 0 unspecified atom stereocenters. The second-order valence-corrected chi connectivity index (χ2v) is 4.57. The minimum absolute atomic E-state index is 0.166. The molecule has 2 aromatic rings. The van der Waals surface area contributed by atoms with E-state index >= 15 is 0 Å². The molecule has 0 fully saturated rings. The molecule has 1 N–H and O–H groups in total. The van der Waals surface area contributed by atoms with Crippen LogP contribution in [0, 0.1) is 11.3 Å². The van der Waals surface area contributed by atoms with Crippen molar-refractivity contribution in [1.29, 1.82) is 5.26 Å². The summed E-state index contributed by atoms with van der Waals surface area (Å²) in [4.78, 5) is 12.1. The van der Waals surface area contributed by atoms with Crippen LogP contribution in [-0.2, 0) is 0 Å². The number of benzene rings is 2. The third-order valence-electron chi connectivity index (χ3n) is 3.18. The normalized spacial score (nSPS) is 12.1. The Kier molecular flexibility index (Phi) is 3.75. The van der Waals surface area contributed by atoms with Crippen LogP contribution < -0.4 is 14.8 Å². The van der Waals surface area contributed by atoms with Crippen LogP contribution in [0.15, 0.2) is 54.7 Å². The van der Waals surface area contributed by atoms with Crippen LogP contribution >= 0.6 is 0 Å². The third kappa shape index (κ3) is 2.76. The molecule has 22 heavy (non-hydrogen) atoms. The predicted octanol–water partition coefficient (Wildman–Crippen LogP) is 3.10. The first-order chi connectivity index (χ1) is 10.8. The number of ketones is 1. The number of allylic oxidation sites excluding steroid dienone is 1. The molecule has 1 aliphatic heterocycles. The van der Waals surface area contributed by atoms with E-state index in [-0.39, 0.29) is 12.6 Å². The standard InChI is InChI=1S/C17H12N2O3/c18-10-13-3-1-2-4-14(13)19-8-7-15(20)12-5-6-16-17(9-12)22-11-21-16/h1-9,19H,11H2. The largest absolute Gasteiger partial charge is 0.454 e. The van der Waals surface area contributed by atoms with Crippen LogP contribution in [0.1, 0.15) is 15.9 Å². The van der Waals surface area contributed by atoms with Gasteiger partial charge < -0.3 is 14.8 Å². The number of hydrogen-bond donors (Lipinski definition) is 1. The Morgan fingerprint density at radius 2 is 2.00 bits per heavy atom. The van der Waals surface area contributed by atoms with E-state index in [0.29, 0.717) is 28.3 Å². The van der Waals surface area contributed by atoms with Crippen molar-refractivity contribution in [1.82, 2.24) is 0 Å². The third-order valence-corrected chi connectivity index (χ3v) is 3.18. The summed E-state index contributed by atoms with van der Waals surface area (Å²) >= 11 is 0. The summed E-state index contributed by atoms with van der Waals surface area (Å²) < 4.78 is 10.4. The molecule has 0 spiro atoms. The van der Waals surface area contributed by atoms with Crippen LogP contribution in [0.3, 0.4) is 0 Å². The Morgan fingerprint density at radius 1 is 1.18 bits per heavy atom. The van der Waals surface area contributed by atoms with Crippen molar-refractivity contribution in [2.45, 2.75) is 0 Å². The van der Waals surface area contributed by atoms with E-state index < -0.39 is 0 Å². The number of rotatable bonds is 4. The van der Waals surface area contributed by atoms with Gasteiger partial charge >= 0.3 is 0 Å². The Hall–Kier alpha value is -3.26. The van der Waals surface area contributed by atoms with Crippen molar-refractivity contribution >= 4 is 11.5 Å². The molecule has 0 saturated carbocycles. The van der Waals surface area contributed by atoms with E-state index in [9.17, 15) is 4.79 Å². The van der Waals surface area contributed by atoms with Gasteiger partial charge in [0.1, 0.15) is 6.07 Å². The number of para-hydroxylation sites is 1. The molecule has 0 aromatic heterocycles. The fraction of sp³-hybridized carbons (Fsp3) is 0.0588. The molecule has 0 bridgehead atoms. The van der Waals surface area contributed by atoms with Gasteiger partial charge in [0.05, 0.1) is 11.3 Å². The Labute approximate surface area is 127 Å². The first kappa shape index (κ1) is 13.7. The quantitative estimate of drug-likeness (QED) is 0.692. The number of ether oxygens (including phenoxy) is 2. The zero-order valence-electron chi connectivity index (χ0n) is 11.6. The van der Waals surface area contributed by atoms with Crippen molar-refractivity contribution in [3.8, 4) is 17.6 Å². The lowest BCUT2D eigenvalue weighted by atomic mass is 10.1. The lowest BCUT2D eigenvalue weighted by Crippen LogP contribution is -1.97. The van der Waals surface area contributed by atoms with Crippen molar-refractivity contribution < 1.29 is 14.3 Å². The van der Waals surface area contributed by atoms with E-state index in [1.54, 1.807) is 36.4 Å². The van der Waals surface area contributed by atoms with Gasteiger partial charge in [-0.3, -0.25) is 4.79 Å². The maximum atomic E-state index is 12.1. The SMILES string of the molecule is N#Cc1ccccc1NC=CC(=O)c1ccc2c(c1)OCO2. The molecular formula is C17H12N2O3. The summed E-state index contributed by atoms with van der Waals surface area (Å²) in [5.74, 6) is 1.05. The van der Waals surface area contributed by atoms with Crippen molar-refractivity contribution in [2.24, 2.45) is 0 Å². The maximum absolute atomic E-state index is 12.1. The number of carbonyl (C=O) groups is 1. The monoisotopic (exact) mass is 292 g/mol. The van der Waals surface area contributed by atoms with Gasteiger partial charge in [0.15, 0.2) is 17.3 Å². The lowest BCUT2D eigenvalue weighted by Gasteiger charge is -2.02. The molecule has 0 radical (unpaired) electrons. The van der Waals surface area contributed by atoms with Crippen LogP contribution in [0.25, 0.3) is 0 Å². The van der Waals surface area contributed by atoms with Crippen molar-refractivity contribution in [3.05, 3.63) is 65.9 Å². The number of hydrogen-bond acceptors (Lipinski definition) is 5. The summed E-state index contributed by atoms with van der Waals surface area (Å²) in [6.07, 6.45) is 2.93. The zero-order chi connectivity index (χ0) is 15.4. The summed E-state index contributed by atoms with van der Waals surface area (Å²) in [6, 6.07) is 14.2. The summed E-state index contributed by atoms with van der Waals surface area (Å²) in [6.45, 7) is 0.176. The Balaban J connectivity index is 1.70. The fourth-order valence-corrected chi connectivity index (χ4v) is 2.06. The van der Waals surface area contributed by atoms with Gasteiger partial charge in [0.25, 0.3) is 0 Å². The number of nitrogens with zero attached hydrogens (tertiary/aromatic N) is 1. The average Bonchev–Trinajstić information content (AvgIpc) is 3.02. The van der Waals surface area contributed by atoms with Crippen LogP contribution in [0.2, 0.25) is 0 Å². The molecule has 1 aliphatic rings. The molecule has 108 valence electrons. The predicted molar refractivity (Wildman–Crippen MR) is 80.8 cm³/mol. The van der Waals surface area contributed by atoms with Crippen molar-refractivity contribution in [3.63, 3.8) is 0 Å². The van der Waals surface area contributed by atoms with E-state index in [1.807, 2.05) is 6.07 Å². The molecule has 0 aliphatic carbocycles. The first-order valence-electron chi connectivity index (χ1n) is 6.64. The maximum Gasteiger partial charge on any atom is 0.231 e. The highest BCUT2D eigenvalue weighted by Gasteiger charge is 2.14. The second-order valence-electron chi connectivity index (χ2n) is 4.57. The highest BCUT2D eigenvalue weighted by atomic mass is 16.7. The summed E-state index contributed by atoms with van der Waals surface area (Å²) in [5.41, 5.74) is 1.68. The van der Waals surface area contributed by atoms with Gasteiger partial charge in [-0.1, -0.05) is 12.1 Å². The number of fused-ring (bicyclic) bond motifs is 1. The van der Waals surface area contributed by atoms with Gasteiger partial charge in [-0.15, -0.1) is 0 Å². The number of nitrogens with one attached hydrogen (secondary N) is 1. The van der Waals surface area contributed by atoms with Gasteiger partial charge in [-0.25, -0.2) is 0 Å². The molecule has 0 amide bonds. The van der Waals surface area contributed by atoms with Gasteiger partial charge in [-0.2, -0.15) is 5.26 Å². The topological polar surface area (TPSA) is 71.4 Å². The van der Waals surface area contributed by atoms with E-state index in [0.717, 1.165) is 0 Å². The molecule has 0 atom stereocenters. The molecule has 3 rings (SSSR count). The number of anilines is 1. The highest BCUT2D eigenvalue weighted by molar-refractivity contribution is 6.05. The molecule has 5 heteroatoms. The average molecular weight is 292 g/mol. The second kappa shape index (κ2) is 6.02. The van der Waals surface area contributed by atoms with E-state index in [1.165, 1.54) is 12.3 Å². The molecule has 0 saturated heterocycles. The number of carbonyl (C=O) groups excluding carboxylic acids is 1. The lowest BCUT2D eigenvalue weighted by molar-refractivity contribution is 0.104. The zero-order valence-corrected chi connectivity index (χ0v) is 11.6. The summed E-state index contributed by atoms with van der Waals surface area (Å²) in [5, 5.41) is 11.9. The van der Waals surface area contributed by atoms with Crippen LogP contribution in [0.4, 0.5) is 5.69 Å². The van der Waals surface area contributed by atoms with Gasteiger partial charge in [0.2, 0.25) is 6.79 Å². The van der Waals surface area contributed by atoms with Crippen LogP contribution in [-0.4, -0.2) is 12.6 Å². The summed E-state index contributed by atoms with van der Waals surface area (Å²) in [7, 11) is 0. The molecule has 1 heterocycles. The van der Waals surface area contributed by atoms with Crippen LogP contribution in [0.5, 0.6) is 11.5 Å². The van der Waals surface area contributed by atoms with Gasteiger partial charge in [0, 0.05) is 17.8 Å². The molecule has 5 nitrogen and oxygen atoms in total. The van der Waals surface area contributed by atoms with E-state index in [4.69, 9.17) is 14.7 Å². The van der Waals surface area contributed by atoms with E-state index in [2.05, 4.69) is 11.4 Å². The Morgan fingerprint density at radius 3 is 2.86 bits per heavy atom. The minimum atomic E-state index is -0.166. The smallest absolute Gasteiger partial charge is 0.231 e. The molecule has 2 aromatic carbocycles. The van der Waals surface area contributed by atoms with Crippen molar-refractivity contribution in [2.75, 3.05) is 12.1 Å².